The van der Waals surface area contributed by atoms with Gasteiger partial charge in [-0.15, -0.1) is 0 Å². The zero-order chi connectivity index (χ0) is 13.3. The van der Waals surface area contributed by atoms with Crippen molar-refractivity contribution in [3.05, 3.63) is 36.0 Å². The molecule has 18 heavy (non-hydrogen) atoms. The lowest BCUT2D eigenvalue weighted by molar-refractivity contribution is -0.139. The molecule has 0 radical (unpaired) electrons. The van der Waals surface area contributed by atoms with Gasteiger partial charge >= 0.3 is 5.97 Å². The van der Waals surface area contributed by atoms with Crippen LogP contribution in [0.5, 0.6) is 0 Å². The average Bonchev–Trinajstić information content (AvgIpc) is 2.46. The second-order valence-electron chi connectivity index (χ2n) is 5.10. The number of esters is 1. The monoisotopic (exact) mass is 246 g/mol. The summed E-state index contributed by atoms with van der Waals surface area (Å²) < 4.78 is 5.34. The molecule has 3 unspecified atom stereocenters. The summed E-state index contributed by atoms with van der Waals surface area (Å²) in [7, 11) is 0. The molecule has 0 aromatic carbocycles. The van der Waals surface area contributed by atoms with Gasteiger partial charge in [0.15, 0.2) is 5.78 Å². The van der Waals surface area contributed by atoms with E-state index < -0.39 is 0 Å². The van der Waals surface area contributed by atoms with Crippen molar-refractivity contribution in [2.75, 3.05) is 0 Å². The lowest BCUT2D eigenvalue weighted by atomic mass is 9.91. The Kier molecular flexibility index (Phi) is 3.50. The Bertz CT molecular complexity index is 456. The zero-order valence-corrected chi connectivity index (χ0v) is 10.8. The van der Waals surface area contributed by atoms with Gasteiger partial charge in [-0.25, -0.2) is 4.79 Å². The van der Waals surface area contributed by atoms with E-state index in [1.807, 2.05) is 6.08 Å². The molecule has 0 N–H and O–H groups in total. The van der Waals surface area contributed by atoms with Crippen molar-refractivity contribution >= 4 is 11.8 Å². The van der Waals surface area contributed by atoms with E-state index in [1.54, 1.807) is 6.08 Å². The fourth-order valence-electron chi connectivity index (χ4n) is 2.57. The Labute approximate surface area is 107 Å². The first-order valence-corrected chi connectivity index (χ1v) is 6.27. The molecule has 0 aromatic heterocycles. The molecule has 0 saturated carbocycles. The number of hydrogen-bond acceptors (Lipinski definition) is 3. The smallest absolute Gasteiger partial charge is 0.334 e. The van der Waals surface area contributed by atoms with Gasteiger partial charge in [-0.2, -0.15) is 0 Å². The molecule has 3 heteroatoms. The lowest BCUT2D eigenvalue weighted by Gasteiger charge is -2.16. The maximum Gasteiger partial charge on any atom is 0.334 e. The molecule has 1 aliphatic heterocycles. The number of allylic oxidation sites excluding steroid dienone is 4. The molecule has 1 fully saturated rings. The highest BCUT2D eigenvalue weighted by atomic mass is 16.6. The third-order valence-corrected chi connectivity index (χ3v) is 3.69. The van der Waals surface area contributed by atoms with Crippen LogP contribution in [0.1, 0.15) is 26.7 Å². The summed E-state index contributed by atoms with van der Waals surface area (Å²) in [6.45, 7) is 7.44. The highest BCUT2D eigenvalue weighted by Gasteiger charge is 2.40. The minimum absolute atomic E-state index is 0.0448. The molecule has 1 saturated heterocycles. The first-order valence-electron chi connectivity index (χ1n) is 6.27. The Morgan fingerprint density at radius 1 is 1.56 bits per heavy atom. The lowest BCUT2D eigenvalue weighted by Crippen LogP contribution is -2.17. The van der Waals surface area contributed by atoms with Crippen LogP contribution in [0.15, 0.2) is 36.0 Å². The van der Waals surface area contributed by atoms with E-state index in [0.29, 0.717) is 5.57 Å². The maximum absolute atomic E-state index is 11.5. The normalized spacial score (nSPS) is 31.9. The van der Waals surface area contributed by atoms with Crippen LogP contribution in [-0.2, 0) is 14.3 Å². The van der Waals surface area contributed by atoms with Gasteiger partial charge in [0.05, 0.1) is 0 Å². The summed E-state index contributed by atoms with van der Waals surface area (Å²) >= 11 is 0. The second-order valence-corrected chi connectivity index (χ2v) is 5.10. The third-order valence-electron chi connectivity index (χ3n) is 3.69. The maximum atomic E-state index is 11.5. The molecule has 3 nitrogen and oxygen atoms in total. The minimum atomic E-state index is -0.256. The molecular formula is C15H18O3. The summed E-state index contributed by atoms with van der Waals surface area (Å²) in [5.41, 5.74) is 1.73. The van der Waals surface area contributed by atoms with Crippen molar-refractivity contribution in [3.8, 4) is 0 Å². The molecule has 1 heterocycles. The summed E-state index contributed by atoms with van der Waals surface area (Å²) in [6.07, 6.45) is 7.06. The van der Waals surface area contributed by atoms with Crippen LogP contribution < -0.4 is 0 Å². The van der Waals surface area contributed by atoms with Crippen LogP contribution >= 0.6 is 0 Å². The van der Waals surface area contributed by atoms with E-state index in [1.165, 1.54) is 6.92 Å². The fourth-order valence-corrected chi connectivity index (χ4v) is 2.57. The van der Waals surface area contributed by atoms with Crippen LogP contribution in [0.3, 0.4) is 0 Å². The van der Waals surface area contributed by atoms with E-state index in [9.17, 15) is 9.59 Å². The van der Waals surface area contributed by atoms with Crippen LogP contribution in [0.25, 0.3) is 0 Å². The summed E-state index contributed by atoms with van der Waals surface area (Å²) in [4.78, 5) is 22.4. The Morgan fingerprint density at radius 2 is 2.28 bits per heavy atom. The fraction of sp³-hybridized carbons (Fsp3) is 0.467. The van der Waals surface area contributed by atoms with Crippen molar-refractivity contribution in [2.24, 2.45) is 11.8 Å². The second kappa shape index (κ2) is 4.92. The van der Waals surface area contributed by atoms with Crippen LogP contribution in [0, 0.1) is 11.8 Å². The minimum Gasteiger partial charge on any atom is -0.458 e. The number of hydrogen-bond donors (Lipinski definition) is 0. The van der Waals surface area contributed by atoms with Gasteiger partial charge in [0.1, 0.15) is 6.10 Å². The zero-order valence-electron chi connectivity index (χ0n) is 10.8. The van der Waals surface area contributed by atoms with Gasteiger partial charge in [0, 0.05) is 11.5 Å². The molecule has 2 aliphatic rings. The SMILES string of the molecule is C=C1C(=O)OC2CC(C)C(/C=C/C(C)=O)=CCC12. The number of ketones is 1. The largest absolute Gasteiger partial charge is 0.458 e. The number of carbonyl (C=O) groups excluding carboxylic acids is 2. The van der Waals surface area contributed by atoms with E-state index in [4.69, 9.17) is 4.74 Å². The first kappa shape index (κ1) is 12.8. The highest BCUT2D eigenvalue weighted by Crippen LogP contribution is 2.38. The van der Waals surface area contributed by atoms with Gasteiger partial charge < -0.3 is 4.74 Å². The molecule has 0 amide bonds. The molecule has 2 rings (SSSR count). The highest BCUT2D eigenvalue weighted by molar-refractivity contribution is 5.91. The number of fused-ring (bicyclic) bond motifs is 1. The number of carbonyl (C=O) groups is 2. The van der Waals surface area contributed by atoms with Gasteiger partial charge in [0.25, 0.3) is 0 Å². The van der Waals surface area contributed by atoms with Crippen LogP contribution in [-0.4, -0.2) is 17.9 Å². The molecular weight excluding hydrogens is 228 g/mol. The third kappa shape index (κ3) is 2.45. The first-order chi connectivity index (χ1) is 8.49. The van der Waals surface area contributed by atoms with E-state index in [2.05, 4.69) is 19.6 Å². The average molecular weight is 246 g/mol. The summed E-state index contributed by atoms with van der Waals surface area (Å²) in [6, 6.07) is 0. The predicted octanol–water partition coefficient (Wildman–Crippen LogP) is 2.59. The van der Waals surface area contributed by atoms with Crippen molar-refractivity contribution < 1.29 is 14.3 Å². The Morgan fingerprint density at radius 3 is 2.94 bits per heavy atom. The molecule has 3 atom stereocenters. The van der Waals surface area contributed by atoms with Crippen molar-refractivity contribution in [3.63, 3.8) is 0 Å². The summed E-state index contributed by atoms with van der Waals surface area (Å²) in [5.74, 6) is 0.175. The molecule has 0 aromatic rings. The number of ether oxygens (including phenoxy) is 1. The number of rotatable bonds is 2. The predicted molar refractivity (Wildman–Crippen MR) is 68.8 cm³/mol. The quantitative estimate of drug-likeness (QED) is 0.555. The van der Waals surface area contributed by atoms with E-state index in [-0.39, 0.29) is 29.7 Å². The van der Waals surface area contributed by atoms with Crippen molar-refractivity contribution in [1.82, 2.24) is 0 Å². The van der Waals surface area contributed by atoms with Crippen molar-refractivity contribution in [1.29, 1.82) is 0 Å². The Balaban J connectivity index is 2.18. The molecule has 0 spiro atoms. The van der Waals surface area contributed by atoms with E-state index >= 15 is 0 Å². The molecule has 0 bridgehead atoms. The molecule has 96 valence electrons. The van der Waals surface area contributed by atoms with Crippen LogP contribution in [0.2, 0.25) is 0 Å². The van der Waals surface area contributed by atoms with Gasteiger partial charge in [-0.3, -0.25) is 4.79 Å². The summed E-state index contributed by atoms with van der Waals surface area (Å²) in [5, 5.41) is 0. The van der Waals surface area contributed by atoms with Crippen LogP contribution in [0.4, 0.5) is 0 Å². The standard InChI is InChI=1S/C15H18O3/c1-9-8-14-13(11(3)15(17)18-14)7-6-12(9)5-4-10(2)16/h4-6,9,13-14H,3,7-8H2,1-2H3/b5-4+. The van der Waals surface area contributed by atoms with Crippen molar-refractivity contribution in [2.45, 2.75) is 32.8 Å². The van der Waals surface area contributed by atoms with E-state index in [0.717, 1.165) is 18.4 Å². The Hall–Kier alpha value is -1.64. The van der Waals surface area contributed by atoms with Gasteiger partial charge in [-0.1, -0.05) is 25.7 Å². The van der Waals surface area contributed by atoms with Gasteiger partial charge in [0.2, 0.25) is 0 Å². The van der Waals surface area contributed by atoms with Gasteiger partial charge in [-0.05, 0) is 37.3 Å². The molecule has 1 aliphatic carbocycles. The topological polar surface area (TPSA) is 43.4 Å².